The molecule has 1 atom stereocenters. The van der Waals surface area contributed by atoms with E-state index in [2.05, 4.69) is 21.0 Å². The van der Waals surface area contributed by atoms with E-state index in [9.17, 15) is 19.2 Å². The van der Waals surface area contributed by atoms with Crippen LogP contribution in [0.5, 0.6) is 0 Å². The average molecular weight is 501 g/mol. The summed E-state index contributed by atoms with van der Waals surface area (Å²) in [5.74, 6) is -0.750. The quantitative estimate of drug-likeness (QED) is 0.278. The summed E-state index contributed by atoms with van der Waals surface area (Å²) in [5.41, 5.74) is 0.224. The Labute approximate surface area is 208 Å². The van der Waals surface area contributed by atoms with Gasteiger partial charge in [-0.3, -0.25) is 24.5 Å². The molecule has 0 spiro atoms. The molecule has 194 valence electrons. The van der Waals surface area contributed by atoms with Crippen molar-refractivity contribution in [2.75, 3.05) is 64.5 Å². The minimum absolute atomic E-state index is 0.114. The summed E-state index contributed by atoms with van der Waals surface area (Å²) < 4.78 is 12.2. The van der Waals surface area contributed by atoms with E-state index in [4.69, 9.17) is 9.47 Å². The molecule has 3 amide bonds. The fourth-order valence-electron chi connectivity index (χ4n) is 4.30. The number of imide groups is 1. The van der Waals surface area contributed by atoms with Crippen LogP contribution in [0.25, 0.3) is 10.8 Å². The van der Waals surface area contributed by atoms with E-state index in [-0.39, 0.29) is 24.7 Å². The van der Waals surface area contributed by atoms with Gasteiger partial charge >= 0.3 is 0 Å². The summed E-state index contributed by atoms with van der Waals surface area (Å²) in [6, 6.07) is 4.57. The maximum Gasteiger partial charge on any atom is 0.277 e. The number of piperidine rings is 1. The van der Waals surface area contributed by atoms with Gasteiger partial charge in [0.1, 0.15) is 6.04 Å². The third-order valence-electron chi connectivity index (χ3n) is 6.21. The van der Waals surface area contributed by atoms with Crippen LogP contribution >= 0.6 is 0 Å². The lowest BCUT2D eigenvalue weighted by Crippen LogP contribution is -2.46. The van der Waals surface area contributed by atoms with Gasteiger partial charge in [0.15, 0.2) is 0 Å². The normalized spacial score (nSPS) is 18.3. The molecule has 3 N–H and O–H groups in total. The van der Waals surface area contributed by atoms with Crippen molar-refractivity contribution in [3.8, 4) is 0 Å². The van der Waals surface area contributed by atoms with Crippen LogP contribution in [0.15, 0.2) is 29.2 Å². The number of nitrogens with one attached hydrogen (secondary N) is 3. The molecule has 0 bridgehead atoms. The Balaban J connectivity index is 1.21. The number of anilines is 1. The number of hydrogen-bond acceptors (Lipinski definition) is 9. The number of amides is 3. The third kappa shape index (κ3) is 6.45. The van der Waals surface area contributed by atoms with E-state index >= 15 is 0 Å². The van der Waals surface area contributed by atoms with Crippen LogP contribution in [0.1, 0.15) is 25.3 Å². The Morgan fingerprint density at radius 2 is 1.86 bits per heavy atom. The highest BCUT2D eigenvalue weighted by Crippen LogP contribution is 2.21. The number of hydrogen-bond donors (Lipinski definition) is 3. The van der Waals surface area contributed by atoms with Gasteiger partial charge in [0.05, 0.1) is 44.4 Å². The molecule has 4 rings (SSSR count). The Bertz CT molecular complexity index is 1150. The van der Waals surface area contributed by atoms with E-state index in [0.29, 0.717) is 55.9 Å². The van der Waals surface area contributed by atoms with Crippen LogP contribution in [0.3, 0.4) is 0 Å². The van der Waals surface area contributed by atoms with Gasteiger partial charge in [-0.15, -0.1) is 0 Å². The number of benzene rings is 1. The van der Waals surface area contributed by atoms with Gasteiger partial charge in [-0.1, -0.05) is 12.1 Å². The highest BCUT2D eigenvalue weighted by molar-refractivity contribution is 5.99. The topological polar surface area (TPSA) is 144 Å². The molecule has 2 fully saturated rings. The molecule has 2 aromatic rings. The lowest BCUT2D eigenvalue weighted by molar-refractivity contribution is -0.136. The first-order valence-electron chi connectivity index (χ1n) is 12.3. The lowest BCUT2D eigenvalue weighted by Gasteiger charge is -2.27. The molecular weight excluding hydrogens is 468 g/mol. The monoisotopic (exact) mass is 500 g/mol. The Kier molecular flexibility index (Phi) is 8.98. The number of aromatic nitrogens is 2. The number of carbonyl (C=O) groups excluding carboxylic acids is 3. The van der Waals surface area contributed by atoms with Crippen LogP contribution in [0, 0.1) is 0 Å². The standard InChI is InChI=1S/C24H32N6O6/c31-20-5-4-19(23(33)28-20)30-24(34)22-17(16-27-30)2-1-3-18(22)26-9-13-36-15-14-35-12-6-21(32)29-10-7-25-8-11-29/h1-3,16,19,25-26H,4-15H2,(H,28,31,33). The van der Waals surface area contributed by atoms with Gasteiger partial charge in [0.25, 0.3) is 11.5 Å². The number of carbonyl (C=O) groups is 3. The summed E-state index contributed by atoms with van der Waals surface area (Å²) in [4.78, 5) is 50.8. The van der Waals surface area contributed by atoms with Crippen LogP contribution in [0.2, 0.25) is 0 Å². The molecule has 2 saturated heterocycles. The number of ether oxygens (including phenoxy) is 2. The second kappa shape index (κ2) is 12.6. The van der Waals surface area contributed by atoms with Crippen LogP contribution in [0.4, 0.5) is 5.69 Å². The second-order valence-electron chi connectivity index (χ2n) is 8.66. The average Bonchev–Trinajstić information content (AvgIpc) is 2.89. The van der Waals surface area contributed by atoms with Gasteiger partial charge in [-0.25, -0.2) is 4.68 Å². The minimum atomic E-state index is -0.817. The molecule has 2 aliphatic heterocycles. The number of rotatable bonds is 11. The van der Waals surface area contributed by atoms with Crippen molar-refractivity contribution in [1.29, 1.82) is 0 Å². The molecule has 1 aromatic carbocycles. The van der Waals surface area contributed by atoms with Gasteiger partial charge in [-0.05, 0) is 12.5 Å². The van der Waals surface area contributed by atoms with Crippen molar-refractivity contribution in [2.24, 2.45) is 0 Å². The molecule has 3 heterocycles. The maximum atomic E-state index is 13.2. The zero-order chi connectivity index (χ0) is 25.3. The largest absolute Gasteiger partial charge is 0.382 e. The molecule has 12 nitrogen and oxygen atoms in total. The lowest BCUT2D eigenvalue weighted by atomic mass is 10.1. The summed E-state index contributed by atoms with van der Waals surface area (Å²) in [5, 5.41) is 13.9. The van der Waals surface area contributed by atoms with E-state index in [1.807, 2.05) is 11.0 Å². The molecule has 0 saturated carbocycles. The second-order valence-corrected chi connectivity index (χ2v) is 8.66. The van der Waals surface area contributed by atoms with Crippen LogP contribution in [-0.4, -0.2) is 91.6 Å². The third-order valence-corrected chi connectivity index (χ3v) is 6.21. The molecule has 36 heavy (non-hydrogen) atoms. The van der Waals surface area contributed by atoms with Crippen molar-refractivity contribution in [3.63, 3.8) is 0 Å². The molecule has 2 aliphatic rings. The van der Waals surface area contributed by atoms with Gasteiger partial charge in [0.2, 0.25) is 11.8 Å². The van der Waals surface area contributed by atoms with Crippen LogP contribution < -0.4 is 21.5 Å². The van der Waals surface area contributed by atoms with Crippen LogP contribution in [-0.2, 0) is 23.9 Å². The Morgan fingerprint density at radius 3 is 2.64 bits per heavy atom. The summed E-state index contributed by atoms with van der Waals surface area (Å²) in [6.45, 7) is 5.16. The predicted octanol–water partition coefficient (Wildman–Crippen LogP) is -0.359. The SMILES string of the molecule is O=C1CCC(n2ncc3cccc(NCCOCCOCCC(=O)N4CCNCC4)c3c2=O)C(=O)N1. The van der Waals surface area contributed by atoms with Gasteiger partial charge < -0.3 is 25.0 Å². The minimum Gasteiger partial charge on any atom is -0.382 e. The zero-order valence-corrected chi connectivity index (χ0v) is 20.2. The summed E-state index contributed by atoms with van der Waals surface area (Å²) in [6.07, 6.45) is 2.31. The van der Waals surface area contributed by atoms with Crippen molar-refractivity contribution in [1.82, 2.24) is 25.3 Å². The molecule has 1 aromatic heterocycles. The van der Waals surface area contributed by atoms with Crippen molar-refractivity contribution >= 4 is 34.2 Å². The predicted molar refractivity (Wildman–Crippen MR) is 132 cm³/mol. The van der Waals surface area contributed by atoms with Gasteiger partial charge in [0, 0.05) is 50.2 Å². The van der Waals surface area contributed by atoms with Crippen molar-refractivity contribution < 1.29 is 23.9 Å². The molecule has 0 aliphatic carbocycles. The summed E-state index contributed by atoms with van der Waals surface area (Å²) in [7, 11) is 0. The van der Waals surface area contributed by atoms with E-state index < -0.39 is 17.5 Å². The van der Waals surface area contributed by atoms with E-state index in [1.54, 1.807) is 18.3 Å². The molecule has 1 unspecified atom stereocenters. The first kappa shape index (κ1) is 25.7. The molecule has 0 radical (unpaired) electrons. The first-order valence-corrected chi connectivity index (χ1v) is 12.3. The fourth-order valence-corrected chi connectivity index (χ4v) is 4.30. The maximum absolute atomic E-state index is 13.2. The Hall–Kier alpha value is -3.35. The van der Waals surface area contributed by atoms with Crippen molar-refractivity contribution in [3.05, 3.63) is 34.7 Å². The smallest absolute Gasteiger partial charge is 0.277 e. The molecular formula is C24H32N6O6. The number of piperazine rings is 1. The first-order chi connectivity index (χ1) is 17.5. The van der Waals surface area contributed by atoms with Gasteiger partial charge in [-0.2, -0.15) is 5.10 Å². The number of fused-ring (bicyclic) bond motifs is 1. The highest BCUT2D eigenvalue weighted by Gasteiger charge is 2.30. The zero-order valence-electron chi connectivity index (χ0n) is 20.2. The van der Waals surface area contributed by atoms with E-state index in [1.165, 1.54) is 0 Å². The number of nitrogens with zero attached hydrogens (tertiary/aromatic N) is 3. The fraction of sp³-hybridized carbons (Fsp3) is 0.542. The highest BCUT2D eigenvalue weighted by atomic mass is 16.5. The molecule has 12 heteroatoms. The van der Waals surface area contributed by atoms with Crippen molar-refractivity contribution in [2.45, 2.75) is 25.3 Å². The van der Waals surface area contributed by atoms with E-state index in [0.717, 1.165) is 30.9 Å². The Morgan fingerprint density at radius 1 is 1.08 bits per heavy atom. The summed E-state index contributed by atoms with van der Waals surface area (Å²) >= 11 is 0.